The molecular weight excluding hydrogens is 274 g/mol. The van der Waals surface area contributed by atoms with E-state index in [0.717, 1.165) is 0 Å². The van der Waals surface area contributed by atoms with Gasteiger partial charge in [-0.25, -0.2) is 0 Å². The third-order valence-corrected chi connectivity index (χ3v) is 4.96. The van der Waals surface area contributed by atoms with Crippen molar-refractivity contribution in [1.29, 1.82) is 0 Å². The zero-order valence-electron chi connectivity index (χ0n) is 12.4. The first kappa shape index (κ1) is 14.3. The first-order chi connectivity index (χ1) is 10.4. The van der Waals surface area contributed by atoms with E-state index < -0.39 is 0 Å². The molecule has 1 aromatic heterocycles. The highest BCUT2D eigenvalue weighted by Crippen LogP contribution is 2.24. The first-order valence-corrected chi connectivity index (χ1v) is 8.43. The molecule has 3 aromatic rings. The molecule has 21 heavy (non-hydrogen) atoms. The van der Waals surface area contributed by atoms with E-state index in [2.05, 4.69) is 72.3 Å². The van der Waals surface area contributed by atoms with E-state index in [9.17, 15) is 0 Å². The van der Waals surface area contributed by atoms with Gasteiger partial charge in [-0.2, -0.15) is 0 Å². The van der Waals surface area contributed by atoms with Gasteiger partial charge in [0.05, 0.1) is 0 Å². The fourth-order valence-electron chi connectivity index (χ4n) is 2.84. The van der Waals surface area contributed by atoms with Crippen molar-refractivity contribution in [3.63, 3.8) is 0 Å². The summed E-state index contributed by atoms with van der Waals surface area (Å²) in [5, 5.41) is 8.27. The van der Waals surface area contributed by atoms with Crippen LogP contribution in [0.25, 0.3) is 10.8 Å². The topological polar surface area (TPSA) is 12.0 Å². The SMILES string of the molecule is CNC(CCCc1cccs1)c1ccc2ccccc2c1. The fourth-order valence-corrected chi connectivity index (χ4v) is 3.59. The average Bonchev–Trinajstić information content (AvgIpc) is 3.04. The maximum Gasteiger partial charge on any atom is 0.0317 e. The van der Waals surface area contributed by atoms with Crippen LogP contribution in [0.5, 0.6) is 0 Å². The van der Waals surface area contributed by atoms with E-state index in [0.29, 0.717) is 6.04 Å². The van der Waals surface area contributed by atoms with Crippen LogP contribution in [0.15, 0.2) is 60.0 Å². The third-order valence-electron chi connectivity index (χ3n) is 4.02. The smallest absolute Gasteiger partial charge is 0.0317 e. The highest BCUT2D eigenvalue weighted by atomic mass is 32.1. The first-order valence-electron chi connectivity index (χ1n) is 7.55. The Bertz CT molecular complexity index is 688. The van der Waals surface area contributed by atoms with Gasteiger partial charge in [-0.3, -0.25) is 0 Å². The maximum absolute atomic E-state index is 3.47. The van der Waals surface area contributed by atoms with E-state index in [1.54, 1.807) is 0 Å². The van der Waals surface area contributed by atoms with Crippen LogP contribution in [0.4, 0.5) is 0 Å². The molecule has 0 spiro atoms. The van der Waals surface area contributed by atoms with E-state index in [4.69, 9.17) is 0 Å². The summed E-state index contributed by atoms with van der Waals surface area (Å²) in [6.45, 7) is 0. The number of hydrogen-bond acceptors (Lipinski definition) is 2. The second-order valence-electron chi connectivity index (χ2n) is 5.42. The summed E-state index contributed by atoms with van der Waals surface area (Å²) < 4.78 is 0. The van der Waals surface area contributed by atoms with Gasteiger partial charge in [-0.1, -0.05) is 42.5 Å². The van der Waals surface area contributed by atoms with Gasteiger partial charge in [-0.05, 0) is 60.2 Å². The van der Waals surface area contributed by atoms with Crippen molar-refractivity contribution in [3.05, 3.63) is 70.4 Å². The highest BCUT2D eigenvalue weighted by molar-refractivity contribution is 7.09. The van der Waals surface area contributed by atoms with Crippen LogP contribution in [0.3, 0.4) is 0 Å². The van der Waals surface area contributed by atoms with Crippen LogP contribution in [0.2, 0.25) is 0 Å². The Kier molecular flexibility index (Phi) is 4.69. The molecule has 0 saturated carbocycles. The predicted octanol–water partition coefficient (Wildman–Crippen LogP) is 5.18. The van der Waals surface area contributed by atoms with Crippen LogP contribution in [-0.2, 0) is 6.42 Å². The van der Waals surface area contributed by atoms with Crippen molar-refractivity contribution in [2.45, 2.75) is 25.3 Å². The zero-order chi connectivity index (χ0) is 14.5. The normalized spacial score (nSPS) is 12.6. The Hall–Kier alpha value is -1.64. The van der Waals surface area contributed by atoms with E-state index >= 15 is 0 Å². The van der Waals surface area contributed by atoms with Crippen LogP contribution in [0, 0.1) is 0 Å². The van der Waals surface area contributed by atoms with Gasteiger partial charge in [0.1, 0.15) is 0 Å². The second kappa shape index (κ2) is 6.88. The Morgan fingerprint density at radius 3 is 2.62 bits per heavy atom. The minimum Gasteiger partial charge on any atom is -0.313 e. The summed E-state index contributed by atoms with van der Waals surface area (Å²) in [7, 11) is 2.06. The van der Waals surface area contributed by atoms with Gasteiger partial charge in [-0.15, -0.1) is 11.3 Å². The minimum atomic E-state index is 0.439. The van der Waals surface area contributed by atoms with E-state index in [-0.39, 0.29) is 0 Å². The molecule has 0 aliphatic carbocycles. The maximum atomic E-state index is 3.47. The summed E-state index contributed by atoms with van der Waals surface area (Å²) >= 11 is 1.86. The standard InChI is InChI=1S/C19H21NS/c1-20-19(10-4-8-18-9-5-13-21-18)17-12-11-15-6-2-3-7-16(15)14-17/h2-3,5-7,9,11-14,19-20H,4,8,10H2,1H3. The molecule has 0 radical (unpaired) electrons. The average molecular weight is 295 g/mol. The molecule has 1 nitrogen and oxygen atoms in total. The minimum absolute atomic E-state index is 0.439. The lowest BCUT2D eigenvalue weighted by Gasteiger charge is -2.17. The summed E-state index contributed by atoms with van der Waals surface area (Å²) in [6, 6.07) is 20.2. The molecule has 1 atom stereocenters. The lowest BCUT2D eigenvalue weighted by atomic mass is 9.98. The molecule has 1 N–H and O–H groups in total. The summed E-state index contributed by atoms with van der Waals surface area (Å²) in [5.41, 5.74) is 1.39. The molecule has 0 aliphatic heterocycles. The molecular formula is C19H21NS. The van der Waals surface area contributed by atoms with Crippen LogP contribution in [0.1, 0.15) is 29.3 Å². The summed E-state index contributed by atoms with van der Waals surface area (Å²) in [5.74, 6) is 0. The number of hydrogen-bond donors (Lipinski definition) is 1. The number of aryl methyl sites for hydroxylation is 1. The number of rotatable bonds is 6. The summed E-state index contributed by atoms with van der Waals surface area (Å²) in [4.78, 5) is 1.49. The monoisotopic (exact) mass is 295 g/mol. The van der Waals surface area contributed by atoms with Crippen molar-refractivity contribution >= 4 is 22.1 Å². The van der Waals surface area contributed by atoms with Crippen LogP contribution < -0.4 is 5.32 Å². The van der Waals surface area contributed by atoms with Gasteiger partial charge >= 0.3 is 0 Å². The number of benzene rings is 2. The molecule has 0 amide bonds. The lowest BCUT2D eigenvalue weighted by Crippen LogP contribution is -2.16. The van der Waals surface area contributed by atoms with Gasteiger partial charge in [0.25, 0.3) is 0 Å². The van der Waals surface area contributed by atoms with Gasteiger partial charge in [0.15, 0.2) is 0 Å². The van der Waals surface area contributed by atoms with Crippen molar-refractivity contribution < 1.29 is 0 Å². The Morgan fingerprint density at radius 1 is 1.00 bits per heavy atom. The summed E-state index contributed by atoms with van der Waals surface area (Å²) in [6.07, 6.45) is 3.58. The zero-order valence-corrected chi connectivity index (χ0v) is 13.2. The van der Waals surface area contributed by atoms with E-state index in [1.807, 2.05) is 11.3 Å². The molecule has 108 valence electrons. The molecule has 0 saturated heterocycles. The molecule has 1 unspecified atom stereocenters. The lowest BCUT2D eigenvalue weighted by molar-refractivity contribution is 0.529. The Morgan fingerprint density at radius 2 is 1.86 bits per heavy atom. The van der Waals surface area contributed by atoms with Gasteiger partial charge < -0.3 is 5.32 Å². The van der Waals surface area contributed by atoms with Gasteiger partial charge in [0, 0.05) is 10.9 Å². The van der Waals surface area contributed by atoms with Crippen molar-refractivity contribution in [2.75, 3.05) is 7.05 Å². The fraction of sp³-hybridized carbons (Fsp3) is 0.263. The number of nitrogens with one attached hydrogen (secondary N) is 1. The third kappa shape index (κ3) is 3.52. The molecule has 2 aromatic carbocycles. The number of fused-ring (bicyclic) bond motifs is 1. The van der Waals surface area contributed by atoms with Crippen LogP contribution >= 0.6 is 11.3 Å². The largest absolute Gasteiger partial charge is 0.313 e. The molecule has 0 aliphatic rings. The molecule has 0 fully saturated rings. The van der Waals surface area contributed by atoms with E-state index in [1.165, 1.54) is 40.5 Å². The van der Waals surface area contributed by atoms with Crippen molar-refractivity contribution in [3.8, 4) is 0 Å². The van der Waals surface area contributed by atoms with Crippen molar-refractivity contribution in [1.82, 2.24) is 5.32 Å². The number of thiophene rings is 1. The Balaban J connectivity index is 1.68. The quantitative estimate of drug-likeness (QED) is 0.660. The molecule has 0 bridgehead atoms. The van der Waals surface area contributed by atoms with Crippen LogP contribution in [-0.4, -0.2) is 7.05 Å². The molecule has 3 rings (SSSR count). The molecule has 2 heteroatoms. The second-order valence-corrected chi connectivity index (χ2v) is 6.45. The predicted molar refractivity (Wildman–Crippen MR) is 93.0 cm³/mol. The highest BCUT2D eigenvalue weighted by Gasteiger charge is 2.09. The Labute approximate surface area is 130 Å². The van der Waals surface area contributed by atoms with Gasteiger partial charge in [0.2, 0.25) is 0 Å². The molecule has 1 heterocycles. The van der Waals surface area contributed by atoms with Crippen molar-refractivity contribution in [2.24, 2.45) is 0 Å².